The van der Waals surface area contributed by atoms with Gasteiger partial charge < -0.3 is 9.88 Å². The summed E-state index contributed by atoms with van der Waals surface area (Å²) in [6.45, 7) is 1.41. The second-order valence-corrected chi connectivity index (χ2v) is 8.50. The zero-order valence-corrected chi connectivity index (χ0v) is 16.2. The highest BCUT2D eigenvalue weighted by atomic mass is 32.2. The minimum Gasteiger partial charge on any atom is -0.349 e. The first-order valence-corrected chi connectivity index (χ1v) is 10.9. The number of fused-ring (bicyclic) bond motifs is 2. The first kappa shape index (κ1) is 18.6. The van der Waals surface area contributed by atoms with Gasteiger partial charge in [-0.05, 0) is 25.0 Å². The van der Waals surface area contributed by atoms with Gasteiger partial charge in [-0.25, -0.2) is 8.42 Å². The van der Waals surface area contributed by atoms with E-state index < -0.39 is 10.0 Å². The normalized spacial score (nSPS) is 18.8. The molecule has 2 N–H and O–H groups in total. The van der Waals surface area contributed by atoms with Crippen LogP contribution in [0.15, 0.2) is 34.2 Å². The summed E-state index contributed by atoms with van der Waals surface area (Å²) < 4.78 is 28.6. The van der Waals surface area contributed by atoms with E-state index >= 15 is 0 Å². The van der Waals surface area contributed by atoms with Crippen molar-refractivity contribution in [3.8, 4) is 0 Å². The molecule has 0 atom stereocenters. The lowest BCUT2D eigenvalue weighted by atomic mass is 10.2. The van der Waals surface area contributed by atoms with E-state index in [9.17, 15) is 13.2 Å². The maximum Gasteiger partial charge on any atom is 0.263 e. The summed E-state index contributed by atoms with van der Waals surface area (Å²) in [4.78, 5) is 16.6. The lowest BCUT2D eigenvalue weighted by Gasteiger charge is -2.08. The summed E-state index contributed by atoms with van der Waals surface area (Å²) >= 11 is 0. The fourth-order valence-electron chi connectivity index (χ4n) is 3.46. The molecule has 0 unspecified atom stereocenters. The number of aryl methyl sites for hydroxylation is 1. The highest BCUT2D eigenvalue weighted by Crippen LogP contribution is 2.22. The number of amides is 1. The van der Waals surface area contributed by atoms with Crippen LogP contribution in [0.3, 0.4) is 0 Å². The highest BCUT2D eigenvalue weighted by Gasteiger charge is 2.29. The number of amidine groups is 1. The number of benzene rings is 1. The molecule has 2 aromatic rings. The van der Waals surface area contributed by atoms with Crippen LogP contribution in [-0.4, -0.2) is 41.5 Å². The van der Waals surface area contributed by atoms with Gasteiger partial charge in [0.25, 0.3) is 10.0 Å². The monoisotopic (exact) mass is 402 g/mol. The van der Waals surface area contributed by atoms with Gasteiger partial charge in [-0.3, -0.25) is 14.5 Å². The summed E-state index contributed by atoms with van der Waals surface area (Å²) in [6.07, 6.45) is 4.49. The predicted molar refractivity (Wildman–Crippen MR) is 102 cm³/mol. The third kappa shape index (κ3) is 3.77. The molecular formula is C18H22N6O3S. The SMILES string of the molecule is O=C(CCN=C1NS(=O)(=O)c2ccccc21)NCc1nnc2n1CCCCC2. The molecule has 0 spiro atoms. The summed E-state index contributed by atoms with van der Waals surface area (Å²) in [6, 6.07) is 6.65. The summed E-state index contributed by atoms with van der Waals surface area (Å²) in [5, 5.41) is 11.3. The summed E-state index contributed by atoms with van der Waals surface area (Å²) in [7, 11) is -3.56. The average molecular weight is 402 g/mol. The van der Waals surface area contributed by atoms with Crippen LogP contribution in [0.25, 0.3) is 0 Å². The number of hydrogen-bond acceptors (Lipinski definition) is 6. The first-order valence-electron chi connectivity index (χ1n) is 9.39. The molecule has 3 heterocycles. The summed E-state index contributed by atoms with van der Waals surface area (Å²) in [5.74, 6) is 1.88. The van der Waals surface area contributed by atoms with Gasteiger partial charge in [0.05, 0.1) is 18.0 Å². The second kappa shape index (κ2) is 7.70. The van der Waals surface area contributed by atoms with Crippen molar-refractivity contribution in [3.63, 3.8) is 0 Å². The van der Waals surface area contributed by atoms with Gasteiger partial charge in [0.2, 0.25) is 5.91 Å². The average Bonchev–Trinajstić information content (AvgIpc) is 3.07. The maximum atomic E-state index is 12.1. The Hall–Kier alpha value is -2.75. The minimum absolute atomic E-state index is 0.161. The fraction of sp³-hybridized carbons (Fsp3) is 0.444. The van der Waals surface area contributed by atoms with Gasteiger partial charge >= 0.3 is 0 Å². The van der Waals surface area contributed by atoms with Gasteiger partial charge in [0.15, 0.2) is 5.82 Å². The van der Waals surface area contributed by atoms with E-state index in [1.807, 2.05) is 0 Å². The van der Waals surface area contributed by atoms with Crippen molar-refractivity contribution >= 4 is 21.8 Å². The number of carbonyl (C=O) groups is 1. The summed E-state index contributed by atoms with van der Waals surface area (Å²) in [5.41, 5.74) is 0.536. The molecular weight excluding hydrogens is 380 g/mol. The Morgan fingerprint density at radius 2 is 2.07 bits per heavy atom. The Labute approximate surface area is 163 Å². The number of aromatic nitrogens is 3. The highest BCUT2D eigenvalue weighted by molar-refractivity contribution is 7.90. The molecule has 4 rings (SSSR count). The number of nitrogens with one attached hydrogen (secondary N) is 2. The second-order valence-electron chi connectivity index (χ2n) is 6.85. The molecule has 1 aromatic carbocycles. The van der Waals surface area contributed by atoms with E-state index in [2.05, 4.69) is 29.8 Å². The van der Waals surface area contributed by atoms with Crippen LogP contribution < -0.4 is 10.0 Å². The van der Waals surface area contributed by atoms with E-state index in [4.69, 9.17) is 0 Å². The van der Waals surface area contributed by atoms with Crippen molar-refractivity contribution in [1.29, 1.82) is 0 Å². The molecule has 0 fully saturated rings. The Morgan fingerprint density at radius 3 is 2.96 bits per heavy atom. The Bertz CT molecular complexity index is 1030. The van der Waals surface area contributed by atoms with Crippen LogP contribution >= 0.6 is 0 Å². The molecule has 148 valence electrons. The molecule has 10 heteroatoms. The fourth-order valence-corrected chi connectivity index (χ4v) is 4.71. The topological polar surface area (TPSA) is 118 Å². The van der Waals surface area contributed by atoms with E-state index in [1.54, 1.807) is 18.2 Å². The third-order valence-electron chi connectivity index (χ3n) is 4.90. The molecule has 2 aliphatic heterocycles. The van der Waals surface area contributed by atoms with Crippen LogP contribution in [0.4, 0.5) is 0 Å². The molecule has 0 aliphatic carbocycles. The molecule has 0 saturated carbocycles. The zero-order chi connectivity index (χ0) is 19.6. The van der Waals surface area contributed by atoms with Gasteiger partial charge in [0.1, 0.15) is 11.7 Å². The maximum absolute atomic E-state index is 12.1. The smallest absolute Gasteiger partial charge is 0.263 e. The number of aliphatic imine (C=N–C) groups is 1. The van der Waals surface area contributed by atoms with E-state index in [-0.39, 0.29) is 29.6 Å². The Balaban J connectivity index is 1.33. The zero-order valence-electron chi connectivity index (χ0n) is 15.4. The van der Waals surface area contributed by atoms with Crippen LogP contribution in [0.2, 0.25) is 0 Å². The molecule has 0 saturated heterocycles. The minimum atomic E-state index is -3.56. The quantitative estimate of drug-likeness (QED) is 0.765. The standard InChI is InChI=1S/C18H22N6O3S/c25-17(20-12-16-22-21-15-8-2-1-5-11-24(15)16)9-10-19-18-13-6-3-4-7-14(13)28(26,27)23-18/h3-4,6-7H,1-2,5,8-12H2,(H,19,23)(H,20,25). The molecule has 0 bridgehead atoms. The lowest BCUT2D eigenvalue weighted by Crippen LogP contribution is -2.26. The molecule has 1 amide bonds. The van der Waals surface area contributed by atoms with Crippen molar-refractivity contribution < 1.29 is 13.2 Å². The molecule has 0 radical (unpaired) electrons. The van der Waals surface area contributed by atoms with Crippen molar-refractivity contribution in [2.24, 2.45) is 4.99 Å². The molecule has 2 aliphatic rings. The molecule has 1 aromatic heterocycles. The molecule has 9 nitrogen and oxygen atoms in total. The number of rotatable bonds is 5. The van der Waals surface area contributed by atoms with Crippen LogP contribution in [0.5, 0.6) is 0 Å². The van der Waals surface area contributed by atoms with Crippen LogP contribution in [-0.2, 0) is 34.3 Å². The van der Waals surface area contributed by atoms with E-state index in [0.29, 0.717) is 12.1 Å². The Kier molecular flexibility index (Phi) is 5.12. The van der Waals surface area contributed by atoms with Gasteiger partial charge in [-0.1, -0.05) is 18.6 Å². The third-order valence-corrected chi connectivity index (χ3v) is 6.30. The number of carbonyl (C=O) groups excluding carboxylic acids is 1. The number of sulfonamides is 1. The number of nitrogens with zero attached hydrogens (tertiary/aromatic N) is 4. The largest absolute Gasteiger partial charge is 0.349 e. The van der Waals surface area contributed by atoms with E-state index in [0.717, 1.165) is 37.5 Å². The van der Waals surface area contributed by atoms with Gasteiger partial charge in [0, 0.05) is 24.9 Å². The van der Waals surface area contributed by atoms with Crippen molar-refractivity contribution in [2.45, 2.75) is 50.1 Å². The van der Waals surface area contributed by atoms with E-state index in [1.165, 1.54) is 12.5 Å². The number of hydrogen-bond donors (Lipinski definition) is 2. The Morgan fingerprint density at radius 1 is 1.21 bits per heavy atom. The van der Waals surface area contributed by atoms with Crippen LogP contribution in [0.1, 0.15) is 42.9 Å². The lowest BCUT2D eigenvalue weighted by molar-refractivity contribution is -0.121. The van der Waals surface area contributed by atoms with Crippen LogP contribution in [0, 0.1) is 0 Å². The van der Waals surface area contributed by atoms with Crippen molar-refractivity contribution in [2.75, 3.05) is 6.54 Å². The molecule has 28 heavy (non-hydrogen) atoms. The van der Waals surface area contributed by atoms with Gasteiger partial charge in [-0.15, -0.1) is 10.2 Å². The predicted octanol–water partition coefficient (Wildman–Crippen LogP) is 0.749. The van der Waals surface area contributed by atoms with Gasteiger partial charge in [-0.2, -0.15) is 0 Å². The van der Waals surface area contributed by atoms with Crippen molar-refractivity contribution in [3.05, 3.63) is 41.5 Å². The van der Waals surface area contributed by atoms with Crippen molar-refractivity contribution in [1.82, 2.24) is 24.8 Å². The first-order chi connectivity index (χ1) is 13.5.